The van der Waals surface area contributed by atoms with Gasteiger partial charge in [-0.15, -0.1) is 0 Å². The lowest BCUT2D eigenvalue weighted by Gasteiger charge is -2.05. The molecule has 0 fully saturated rings. The van der Waals surface area contributed by atoms with Crippen LogP contribution in [-0.4, -0.2) is 21.4 Å². The Hall–Kier alpha value is 0.0249. The van der Waals surface area contributed by atoms with Crippen molar-refractivity contribution in [3.05, 3.63) is 0 Å². The lowest BCUT2D eigenvalue weighted by atomic mass is 9.82. The molecule has 0 heterocycles. The summed E-state index contributed by atoms with van der Waals surface area (Å²) in [4.78, 5) is 0. The van der Waals surface area contributed by atoms with Crippen molar-refractivity contribution in [2.75, 3.05) is 13.6 Å². The molecule has 0 aliphatic heterocycles. The summed E-state index contributed by atoms with van der Waals surface area (Å²) in [6.07, 6.45) is 2.18. The quantitative estimate of drug-likeness (QED) is 0.533. The number of rotatable bonds is 4. The molecule has 0 aliphatic rings. The first-order valence-corrected chi connectivity index (χ1v) is 3.21. The molecule has 0 aromatic carbocycles. The van der Waals surface area contributed by atoms with Crippen molar-refractivity contribution in [3.63, 3.8) is 0 Å². The molecule has 1 N–H and O–H groups in total. The maximum atomic E-state index is 5.62. The van der Waals surface area contributed by atoms with Crippen molar-refractivity contribution < 1.29 is 0 Å². The molecule has 0 unspecified atom stereocenters. The van der Waals surface area contributed by atoms with Crippen LogP contribution in [0, 0.1) is 0 Å². The zero-order valence-electron chi connectivity index (χ0n) is 5.78. The van der Waals surface area contributed by atoms with Crippen LogP contribution in [0.15, 0.2) is 0 Å². The summed E-state index contributed by atoms with van der Waals surface area (Å²) in [5, 5.41) is 3.05. The van der Waals surface area contributed by atoms with E-state index in [1.54, 1.807) is 0 Å². The Kier molecular flexibility index (Phi) is 5.18. The van der Waals surface area contributed by atoms with Gasteiger partial charge in [0.05, 0.1) is 7.85 Å². The SMILES string of the molecule is [B][C@@H](CC)CCNC. The second-order valence-corrected chi connectivity index (χ2v) is 2.06. The van der Waals surface area contributed by atoms with Crippen LogP contribution in [-0.2, 0) is 0 Å². The first kappa shape index (κ1) is 8.02. The van der Waals surface area contributed by atoms with Crippen LogP contribution in [0.25, 0.3) is 0 Å². The van der Waals surface area contributed by atoms with Crippen molar-refractivity contribution in [1.82, 2.24) is 5.32 Å². The Morgan fingerprint density at radius 2 is 2.25 bits per heavy atom. The molecule has 46 valence electrons. The van der Waals surface area contributed by atoms with E-state index in [0.717, 1.165) is 19.4 Å². The second kappa shape index (κ2) is 5.17. The van der Waals surface area contributed by atoms with Gasteiger partial charge < -0.3 is 5.32 Å². The van der Waals surface area contributed by atoms with E-state index >= 15 is 0 Å². The second-order valence-electron chi connectivity index (χ2n) is 2.06. The van der Waals surface area contributed by atoms with Gasteiger partial charge in [-0.1, -0.05) is 19.2 Å². The molecule has 0 saturated carbocycles. The Morgan fingerprint density at radius 1 is 1.62 bits per heavy atom. The molecule has 0 aromatic heterocycles. The van der Waals surface area contributed by atoms with Crippen LogP contribution in [0.4, 0.5) is 0 Å². The van der Waals surface area contributed by atoms with Crippen LogP contribution >= 0.6 is 0 Å². The van der Waals surface area contributed by atoms with E-state index in [4.69, 9.17) is 7.85 Å². The number of nitrogens with one attached hydrogen (secondary N) is 1. The summed E-state index contributed by atoms with van der Waals surface area (Å²) >= 11 is 0. The molecule has 2 radical (unpaired) electrons. The molecule has 0 rings (SSSR count). The van der Waals surface area contributed by atoms with Gasteiger partial charge in [-0.25, -0.2) is 0 Å². The Bertz CT molecular complexity index is 47.8. The fourth-order valence-electron chi connectivity index (χ4n) is 0.534. The van der Waals surface area contributed by atoms with E-state index in [-0.39, 0.29) is 0 Å². The number of hydrogen-bond donors (Lipinski definition) is 1. The van der Waals surface area contributed by atoms with Gasteiger partial charge in [0.2, 0.25) is 0 Å². The molecule has 1 atom stereocenters. The van der Waals surface area contributed by atoms with Gasteiger partial charge in [0.25, 0.3) is 0 Å². The largest absolute Gasteiger partial charge is 0.320 e. The molecule has 0 saturated heterocycles. The van der Waals surface area contributed by atoms with Gasteiger partial charge in [0, 0.05) is 0 Å². The minimum Gasteiger partial charge on any atom is -0.320 e. The third-order valence-corrected chi connectivity index (χ3v) is 1.29. The lowest BCUT2D eigenvalue weighted by molar-refractivity contribution is 0.665. The van der Waals surface area contributed by atoms with E-state index in [1.807, 2.05) is 7.05 Å². The van der Waals surface area contributed by atoms with Crippen LogP contribution < -0.4 is 5.32 Å². The van der Waals surface area contributed by atoms with E-state index in [1.165, 1.54) is 0 Å². The fourth-order valence-corrected chi connectivity index (χ4v) is 0.534. The van der Waals surface area contributed by atoms with Gasteiger partial charge in [0.1, 0.15) is 0 Å². The lowest BCUT2D eigenvalue weighted by Crippen LogP contribution is -2.09. The highest BCUT2D eigenvalue weighted by molar-refractivity contribution is 6.11. The maximum absolute atomic E-state index is 5.62. The van der Waals surface area contributed by atoms with Gasteiger partial charge >= 0.3 is 0 Å². The fraction of sp³-hybridized carbons (Fsp3) is 1.00. The molecule has 8 heavy (non-hydrogen) atoms. The highest BCUT2D eigenvalue weighted by Gasteiger charge is 1.94. The number of hydrogen-bond acceptors (Lipinski definition) is 1. The summed E-state index contributed by atoms with van der Waals surface area (Å²) in [5.41, 5.74) is 0. The van der Waals surface area contributed by atoms with E-state index in [9.17, 15) is 0 Å². The van der Waals surface area contributed by atoms with Crippen LogP contribution in [0.3, 0.4) is 0 Å². The molecule has 0 spiro atoms. The Labute approximate surface area is 53.3 Å². The molecule has 0 aliphatic carbocycles. The molecule has 0 bridgehead atoms. The van der Waals surface area contributed by atoms with Crippen LogP contribution in [0.2, 0.25) is 5.82 Å². The maximum Gasteiger partial charge on any atom is 0.0700 e. The molecule has 0 aromatic rings. The predicted molar refractivity (Wildman–Crippen MR) is 38.3 cm³/mol. The van der Waals surface area contributed by atoms with Crippen LogP contribution in [0.5, 0.6) is 0 Å². The van der Waals surface area contributed by atoms with Gasteiger partial charge in [-0.3, -0.25) is 0 Å². The zero-order valence-corrected chi connectivity index (χ0v) is 5.78. The molecular weight excluding hydrogens is 96.9 g/mol. The van der Waals surface area contributed by atoms with Crippen LogP contribution in [0.1, 0.15) is 19.8 Å². The molecule has 2 heteroatoms. The summed E-state index contributed by atoms with van der Waals surface area (Å²) < 4.78 is 0. The Morgan fingerprint density at radius 3 is 2.62 bits per heavy atom. The first-order valence-electron chi connectivity index (χ1n) is 3.21. The summed E-state index contributed by atoms with van der Waals surface area (Å²) in [5.74, 6) is 0.391. The summed E-state index contributed by atoms with van der Waals surface area (Å²) in [6.45, 7) is 3.15. The monoisotopic (exact) mass is 111 g/mol. The van der Waals surface area contributed by atoms with Crippen molar-refractivity contribution in [3.8, 4) is 0 Å². The van der Waals surface area contributed by atoms with Gasteiger partial charge in [-0.05, 0) is 20.0 Å². The average molecular weight is 111 g/mol. The summed E-state index contributed by atoms with van der Waals surface area (Å²) in [7, 11) is 7.57. The standard InChI is InChI=1S/C6H14BN/c1-3-6(7)4-5-8-2/h6,8H,3-5H2,1-2H3/t6-/m0/s1. The predicted octanol–water partition coefficient (Wildman–Crippen LogP) is 0.963. The van der Waals surface area contributed by atoms with Crippen molar-refractivity contribution in [2.45, 2.75) is 25.6 Å². The Balaban J connectivity index is 2.86. The molecule has 1 nitrogen and oxygen atoms in total. The molecular formula is C6H14BN. The van der Waals surface area contributed by atoms with E-state index < -0.39 is 0 Å². The minimum atomic E-state index is 0.391. The third-order valence-electron chi connectivity index (χ3n) is 1.29. The van der Waals surface area contributed by atoms with E-state index in [0.29, 0.717) is 5.82 Å². The van der Waals surface area contributed by atoms with Gasteiger partial charge in [-0.2, -0.15) is 0 Å². The minimum absolute atomic E-state index is 0.391. The van der Waals surface area contributed by atoms with E-state index in [2.05, 4.69) is 12.2 Å². The topological polar surface area (TPSA) is 12.0 Å². The third kappa shape index (κ3) is 4.19. The highest BCUT2D eigenvalue weighted by atomic mass is 14.8. The van der Waals surface area contributed by atoms with Gasteiger partial charge in [0.15, 0.2) is 0 Å². The van der Waals surface area contributed by atoms with Crippen molar-refractivity contribution in [2.24, 2.45) is 0 Å². The average Bonchev–Trinajstić information content (AvgIpc) is 1.83. The first-order chi connectivity index (χ1) is 3.81. The molecule has 0 amide bonds. The normalized spacial score (nSPS) is 13.8. The highest BCUT2D eigenvalue weighted by Crippen LogP contribution is 2.07. The van der Waals surface area contributed by atoms with Crippen molar-refractivity contribution in [1.29, 1.82) is 0 Å². The zero-order chi connectivity index (χ0) is 6.41. The summed E-state index contributed by atoms with van der Waals surface area (Å²) in [6, 6.07) is 0. The van der Waals surface area contributed by atoms with Crippen molar-refractivity contribution >= 4 is 7.85 Å². The smallest absolute Gasteiger partial charge is 0.0700 e.